The van der Waals surface area contributed by atoms with Crippen LogP contribution in [-0.2, 0) is 16.1 Å². The molecule has 1 saturated heterocycles. The molecule has 1 aliphatic rings. The summed E-state index contributed by atoms with van der Waals surface area (Å²) in [6.45, 7) is 2.69. The van der Waals surface area contributed by atoms with Crippen molar-refractivity contribution in [2.45, 2.75) is 38.8 Å². The fourth-order valence-electron chi connectivity index (χ4n) is 2.41. The van der Waals surface area contributed by atoms with Gasteiger partial charge in [-0.15, -0.1) is 0 Å². The van der Waals surface area contributed by atoms with Gasteiger partial charge in [-0.25, -0.2) is 0 Å². The van der Waals surface area contributed by atoms with Crippen molar-refractivity contribution in [3.8, 4) is 0 Å². The van der Waals surface area contributed by atoms with Crippen LogP contribution < -0.4 is 5.32 Å². The molecule has 4 nitrogen and oxygen atoms in total. The van der Waals surface area contributed by atoms with Crippen LogP contribution >= 0.6 is 23.2 Å². The zero-order valence-corrected chi connectivity index (χ0v) is 13.4. The second-order valence-electron chi connectivity index (χ2n) is 5.12. The Morgan fingerprint density at radius 3 is 2.57 bits per heavy atom. The van der Waals surface area contributed by atoms with E-state index in [1.807, 2.05) is 6.92 Å². The lowest BCUT2D eigenvalue weighted by atomic mass is 10.1. The molecule has 0 bridgehead atoms. The van der Waals surface area contributed by atoms with Crippen LogP contribution in [0.4, 0.5) is 0 Å². The van der Waals surface area contributed by atoms with Gasteiger partial charge < -0.3 is 10.2 Å². The third-order valence-electron chi connectivity index (χ3n) is 3.54. The minimum atomic E-state index is -0.453. The molecular weight excluding hydrogens is 311 g/mol. The Morgan fingerprint density at radius 1 is 1.29 bits per heavy atom. The number of hydrogen-bond donors (Lipinski definition) is 1. The zero-order valence-electron chi connectivity index (χ0n) is 11.9. The number of rotatable bonds is 4. The highest BCUT2D eigenvalue weighted by atomic mass is 35.5. The van der Waals surface area contributed by atoms with Crippen LogP contribution in [0.1, 0.15) is 31.7 Å². The number of nitrogens with zero attached hydrogens (tertiary/aromatic N) is 1. The van der Waals surface area contributed by atoms with Crippen molar-refractivity contribution in [1.29, 1.82) is 0 Å². The van der Waals surface area contributed by atoms with Crippen molar-refractivity contribution >= 4 is 35.0 Å². The van der Waals surface area contributed by atoms with Crippen molar-refractivity contribution in [3.63, 3.8) is 0 Å². The number of benzene rings is 1. The molecule has 21 heavy (non-hydrogen) atoms. The SMILES string of the molecule is CCCC1NC(=O)CCN(Cc2c(Cl)cccc2Cl)C1=O. The molecule has 0 radical (unpaired) electrons. The van der Waals surface area contributed by atoms with E-state index in [1.165, 1.54) is 0 Å². The van der Waals surface area contributed by atoms with E-state index in [1.54, 1.807) is 23.1 Å². The molecule has 1 aliphatic heterocycles. The van der Waals surface area contributed by atoms with Crippen molar-refractivity contribution in [1.82, 2.24) is 10.2 Å². The number of nitrogens with one attached hydrogen (secondary N) is 1. The molecule has 1 aromatic carbocycles. The van der Waals surface area contributed by atoms with E-state index < -0.39 is 6.04 Å². The monoisotopic (exact) mass is 328 g/mol. The third-order valence-corrected chi connectivity index (χ3v) is 4.25. The molecule has 1 aromatic rings. The Kier molecular flexibility index (Phi) is 5.48. The van der Waals surface area contributed by atoms with Gasteiger partial charge in [0.05, 0.1) is 0 Å². The molecule has 0 spiro atoms. The molecule has 0 aromatic heterocycles. The highest BCUT2D eigenvalue weighted by molar-refractivity contribution is 6.36. The van der Waals surface area contributed by atoms with Crippen LogP contribution in [0.15, 0.2) is 18.2 Å². The van der Waals surface area contributed by atoms with Crippen LogP contribution in [0.2, 0.25) is 10.0 Å². The van der Waals surface area contributed by atoms with Crippen molar-refractivity contribution in [3.05, 3.63) is 33.8 Å². The number of halogens is 2. The van der Waals surface area contributed by atoms with E-state index >= 15 is 0 Å². The van der Waals surface area contributed by atoms with Gasteiger partial charge in [-0.3, -0.25) is 9.59 Å². The first-order valence-electron chi connectivity index (χ1n) is 7.04. The lowest BCUT2D eigenvalue weighted by Gasteiger charge is -2.24. The van der Waals surface area contributed by atoms with E-state index in [9.17, 15) is 9.59 Å². The Balaban J connectivity index is 2.21. The predicted octanol–water partition coefficient (Wildman–Crippen LogP) is 3.01. The largest absolute Gasteiger partial charge is 0.344 e. The maximum Gasteiger partial charge on any atom is 0.245 e. The average molecular weight is 329 g/mol. The van der Waals surface area contributed by atoms with Gasteiger partial charge in [0, 0.05) is 35.1 Å². The van der Waals surface area contributed by atoms with Gasteiger partial charge in [0.25, 0.3) is 0 Å². The number of carbonyl (C=O) groups is 2. The molecule has 0 aliphatic carbocycles. The summed E-state index contributed by atoms with van der Waals surface area (Å²) in [6, 6.07) is 4.81. The van der Waals surface area contributed by atoms with E-state index in [2.05, 4.69) is 5.32 Å². The van der Waals surface area contributed by atoms with Gasteiger partial charge in [-0.1, -0.05) is 42.6 Å². The predicted molar refractivity (Wildman–Crippen MR) is 83.3 cm³/mol. The number of carbonyl (C=O) groups excluding carboxylic acids is 2. The third kappa shape index (κ3) is 3.89. The van der Waals surface area contributed by atoms with E-state index in [0.717, 1.165) is 12.0 Å². The molecule has 2 amide bonds. The summed E-state index contributed by atoms with van der Waals surface area (Å²) in [7, 11) is 0. The van der Waals surface area contributed by atoms with Crippen LogP contribution in [0.3, 0.4) is 0 Å². The first-order chi connectivity index (χ1) is 10.0. The summed E-state index contributed by atoms with van der Waals surface area (Å²) in [5.74, 6) is -0.159. The Bertz CT molecular complexity index is 528. The van der Waals surface area contributed by atoms with Gasteiger partial charge in [-0.2, -0.15) is 0 Å². The highest BCUT2D eigenvalue weighted by Gasteiger charge is 2.29. The number of amides is 2. The lowest BCUT2D eigenvalue weighted by Crippen LogP contribution is -2.44. The minimum Gasteiger partial charge on any atom is -0.344 e. The molecule has 2 rings (SSSR count). The molecule has 1 N–H and O–H groups in total. The van der Waals surface area contributed by atoms with Crippen LogP contribution in [0.5, 0.6) is 0 Å². The molecule has 1 unspecified atom stereocenters. The van der Waals surface area contributed by atoms with Gasteiger partial charge >= 0.3 is 0 Å². The van der Waals surface area contributed by atoms with Crippen LogP contribution in [0, 0.1) is 0 Å². The molecule has 1 fully saturated rings. The van der Waals surface area contributed by atoms with Gasteiger partial charge in [0.1, 0.15) is 6.04 Å². The smallest absolute Gasteiger partial charge is 0.245 e. The first-order valence-corrected chi connectivity index (χ1v) is 7.79. The highest BCUT2D eigenvalue weighted by Crippen LogP contribution is 2.26. The summed E-state index contributed by atoms with van der Waals surface area (Å²) < 4.78 is 0. The van der Waals surface area contributed by atoms with Crippen molar-refractivity contribution < 1.29 is 9.59 Å². The van der Waals surface area contributed by atoms with Crippen molar-refractivity contribution in [2.75, 3.05) is 6.54 Å². The topological polar surface area (TPSA) is 49.4 Å². The normalized spacial score (nSPS) is 19.4. The van der Waals surface area contributed by atoms with Gasteiger partial charge in [0.15, 0.2) is 0 Å². The molecule has 0 saturated carbocycles. The standard InChI is InChI=1S/C15H18Cl2N2O2/c1-2-4-13-15(21)19(8-7-14(20)18-13)9-10-11(16)5-3-6-12(10)17/h3,5-6,13H,2,4,7-9H2,1H3,(H,18,20). The Hall–Kier alpha value is -1.26. The summed E-state index contributed by atoms with van der Waals surface area (Å²) in [5.41, 5.74) is 0.721. The fraction of sp³-hybridized carbons (Fsp3) is 0.467. The van der Waals surface area contributed by atoms with Crippen LogP contribution in [-0.4, -0.2) is 29.3 Å². The maximum atomic E-state index is 12.5. The maximum absolute atomic E-state index is 12.5. The summed E-state index contributed by atoms with van der Waals surface area (Å²) in [5, 5.41) is 3.84. The minimum absolute atomic E-state index is 0.0707. The molecule has 1 atom stereocenters. The van der Waals surface area contributed by atoms with Gasteiger partial charge in [-0.05, 0) is 18.6 Å². The second kappa shape index (κ2) is 7.14. The zero-order chi connectivity index (χ0) is 15.4. The average Bonchev–Trinajstić information content (AvgIpc) is 2.56. The first kappa shape index (κ1) is 16.1. The van der Waals surface area contributed by atoms with E-state index in [4.69, 9.17) is 23.2 Å². The van der Waals surface area contributed by atoms with Gasteiger partial charge in [0.2, 0.25) is 11.8 Å². The second-order valence-corrected chi connectivity index (χ2v) is 5.93. The Labute approximate surface area is 134 Å². The lowest BCUT2D eigenvalue weighted by molar-refractivity contribution is -0.134. The van der Waals surface area contributed by atoms with Crippen molar-refractivity contribution in [2.24, 2.45) is 0 Å². The fourth-order valence-corrected chi connectivity index (χ4v) is 2.93. The number of hydrogen-bond acceptors (Lipinski definition) is 2. The summed E-state index contributed by atoms with van der Waals surface area (Å²) >= 11 is 12.3. The van der Waals surface area contributed by atoms with E-state index in [0.29, 0.717) is 36.0 Å². The molecule has 6 heteroatoms. The quantitative estimate of drug-likeness (QED) is 0.923. The Morgan fingerprint density at radius 2 is 1.95 bits per heavy atom. The molecular formula is C15H18Cl2N2O2. The molecule has 114 valence electrons. The van der Waals surface area contributed by atoms with E-state index in [-0.39, 0.29) is 11.8 Å². The molecule has 1 heterocycles. The summed E-state index contributed by atoms with van der Waals surface area (Å²) in [4.78, 5) is 25.9. The summed E-state index contributed by atoms with van der Waals surface area (Å²) in [6.07, 6.45) is 1.77. The van der Waals surface area contributed by atoms with Crippen LogP contribution in [0.25, 0.3) is 0 Å².